The van der Waals surface area contributed by atoms with E-state index in [0.29, 0.717) is 43.4 Å². The van der Waals surface area contributed by atoms with Gasteiger partial charge in [0.2, 0.25) is 0 Å². The first-order valence-corrected chi connectivity index (χ1v) is 12.9. The van der Waals surface area contributed by atoms with Gasteiger partial charge in [0.1, 0.15) is 23.3 Å². The monoisotopic (exact) mass is 543 g/mol. The molecule has 3 heterocycles. The molecule has 2 aromatic heterocycles. The second kappa shape index (κ2) is 10.6. The summed E-state index contributed by atoms with van der Waals surface area (Å²) >= 11 is 1.15. The predicted molar refractivity (Wildman–Crippen MR) is 142 cm³/mol. The summed E-state index contributed by atoms with van der Waals surface area (Å²) < 4.78 is 18.6. The molecule has 0 N–H and O–H groups in total. The predicted octanol–water partition coefficient (Wildman–Crippen LogP) is 2.43. The Morgan fingerprint density at radius 2 is 1.87 bits per heavy atom. The number of carbonyl (C=O) groups is 2. The highest BCUT2D eigenvalue weighted by atomic mass is 32.1. The maximum absolute atomic E-state index is 13.8. The van der Waals surface area contributed by atoms with E-state index < -0.39 is 18.0 Å². The van der Waals surface area contributed by atoms with Crippen molar-refractivity contribution in [3.63, 3.8) is 0 Å². The van der Waals surface area contributed by atoms with E-state index in [4.69, 9.17) is 13.9 Å². The summed E-state index contributed by atoms with van der Waals surface area (Å²) in [7, 11) is 1.52. The number of hydrogen-bond donors (Lipinski definition) is 0. The molecule has 1 aliphatic heterocycles. The smallest absolute Gasteiger partial charge is 0.338 e. The first-order chi connectivity index (χ1) is 18.8. The zero-order valence-electron chi connectivity index (χ0n) is 21.3. The Hall–Kier alpha value is -4.70. The third-order valence-corrected chi connectivity index (χ3v) is 7.25. The van der Waals surface area contributed by atoms with Crippen LogP contribution in [0.5, 0.6) is 5.75 Å². The summed E-state index contributed by atoms with van der Waals surface area (Å²) in [6.45, 7) is 3.59. The number of fused-ring (bicyclic) bond motifs is 1. The van der Waals surface area contributed by atoms with Gasteiger partial charge in [-0.25, -0.2) is 9.79 Å². The number of aromatic carboxylic acids is 1. The van der Waals surface area contributed by atoms with E-state index in [0.717, 1.165) is 11.3 Å². The molecule has 0 saturated heterocycles. The van der Waals surface area contributed by atoms with Crippen LogP contribution in [0.1, 0.15) is 41.6 Å². The first kappa shape index (κ1) is 25.9. The molecule has 39 heavy (non-hydrogen) atoms. The zero-order chi connectivity index (χ0) is 27.7. The molecule has 1 aliphatic rings. The Bertz CT molecular complexity index is 1810. The van der Waals surface area contributed by atoms with Crippen LogP contribution in [0.15, 0.2) is 86.1 Å². The summed E-state index contributed by atoms with van der Waals surface area (Å²) in [6, 6.07) is 16.0. The number of esters is 1. The molecule has 0 spiro atoms. The van der Waals surface area contributed by atoms with E-state index >= 15 is 0 Å². The maximum Gasteiger partial charge on any atom is 0.338 e. The lowest BCUT2D eigenvalue weighted by atomic mass is 9.95. The van der Waals surface area contributed by atoms with Gasteiger partial charge >= 0.3 is 5.97 Å². The van der Waals surface area contributed by atoms with Gasteiger partial charge in [0, 0.05) is 22.8 Å². The average molecular weight is 544 g/mol. The molecule has 4 aromatic rings. The topological polar surface area (TPSA) is 123 Å². The van der Waals surface area contributed by atoms with Gasteiger partial charge in [-0.05, 0) is 32.0 Å². The standard InChI is InChI=1S/C29H24N2O7S/c1-4-37-28(35)24-16(2)30-29-31(25(24)20-11-7-8-12-21(20)36-3)26(32)23(39-29)15-17-13-14-22(38-17)18-9-5-6-10-19(18)27(33)34/h5-15,25H,4H2,1-3H3,(H,33,34)/p-1/b23-15-/t25-/m1/s1. The van der Waals surface area contributed by atoms with Gasteiger partial charge in [-0.1, -0.05) is 53.8 Å². The van der Waals surface area contributed by atoms with Crippen molar-refractivity contribution >= 4 is 29.4 Å². The molecule has 0 radical (unpaired) electrons. The summed E-state index contributed by atoms with van der Waals surface area (Å²) in [6.07, 6.45) is 1.57. The number of carboxylic acids is 1. The maximum atomic E-state index is 13.8. The number of allylic oxidation sites excluding steroid dienone is 1. The summed E-state index contributed by atoms with van der Waals surface area (Å²) in [4.78, 5) is 43.4. The van der Waals surface area contributed by atoms with Crippen molar-refractivity contribution in [1.29, 1.82) is 0 Å². The van der Waals surface area contributed by atoms with Crippen LogP contribution in [-0.2, 0) is 9.53 Å². The van der Waals surface area contributed by atoms with Gasteiger partial charge in [-0.3, -0.25) is 9.36 Å². The third-order valence-electron chi connectivity index (χ3n) is 6.26. The van der Waals surface area contributed by atoms with E-state index in [1.165, 1.54) is 17.7 Å². The molecular formula is C29H23N2O7S-. The fourth-order valence-corrected chi connectivity index (χ4v) is 5.59. The lowest BCUT2D eigenvalue weighted by Crippen LogP contribution is -2.40. The summed E-state index contributed by atoms with van der Waals surface area (Å²) in [5, 5.41) is 11.5. The number of rotatable bonds is 7. The van der Waals surface area contributed by atoms with Crippen molar-refractivity contribution in [2.75, 3.05) is 13.7 Å². The number of benzene rings is 2. The fourth-order valence-electron chi connectivity index (χ4n) is 4.56. The molecule has 0 bridgehead atoms. The van der Waals surface area contributed by atoms with Crippen molar-refractivity contribution < 1.29 is 28.6 Å². The largest absolute Gasteiger partial charge is 0.545 e. The Labute approximate surface area is 226 Å². The lowest BCUT2D eigenvalue weighted by molar-refractivity contribution is -0.255. The van der Waals surface area contributed by atoms with Crippen LogP contribution in [-0.4, -0.2) is 30.2 Å². The number of carboxylic acid groups (broad SMARTS) is 1. The van der Waals surface area contributed by atoms with Crippen LogP contribution in [0.3, 0.4) is 0 Å². The Balaban J connectivity index is 1.66. The highest BCUT2D eigenvalue weighted by molar-refractivity contribution is 7.07. The molecule has 0 amide bonds. The van der Waals surface area contributed by atoms with Gasteiger partial charge in [0.05, 0.1) is 35.5 Å². The fraction of sp³-hybridized carbons (Fsp3) is 0.172. The Morgan fingerprint density at radius 3 is 2.62 bits per heavy atom. The molecule has 9 nitrogen and oxygen atoms in total. The molecule has 2 aromatic carbocycles. The molecule has 1 atom stereocenters. The second-order valence-corrected chi connectivity index (χ2v) is 9.59. The summed E-state index contributed by atoms with van der Waals surface area (Å²) in [5.41, 5.74) is 1.29. The number of methoxy groups -OCH3 is 1. The van der Waals surface area contributed by atoms with E-state index in [2.05, 4.69) is 4.99 Å². The number of hydrogen-bond acceptors (Lipinski definition) is 9. The van der Waals surface area contributed by atoms with Crippen LogP contribution in [0.25, 0.3) is 17.4 Å². The number of ether oxygens (including phenoxy) is 2. The number of para-hydroxylation sites is 1. The normalized spacial score (nSPS) is 15.1. The minimum absolute atomic E-state index is 0.00319. The molecule has 0 aliphatic carbocycles. The van der Waals surface area contributed by atoms with Crippen LogP contribution >= 0.6 is 11.3 Å². The van der Waals surface area contributed by atoms with Gasteiger partial charge < -0.3 is 23.8 Å². The van der Waals surface area contributed by atoms with Crippen molar-refractivity contribution in [2.24, 2.45) is 4.99 Å². The molecule has 5 rings (SSSR count). The minimum atomic E-state index is -1.32. The van der Waals surface area contributed by atoms with E-state index in [1.807, 2.05) is 0 Å². The average Bonchev–Trinajstić information content (AvgIpc) is 3.52. The van der Waals surface area contributed by atoms with E-state index in [1.54, 1.807) is 74.5 Å². The van der Waals surface area contributed by atoms with Crippen LogP contribution in [0.4, 0.5) is 0 Å². The van der Waals surface area contributed by atoms with E-state index in [9.17, 15) is 19.5 Å². The summed E-state index contributed by atoms with van der Waals surface area (Å²) in [5.74, 6) is -0.706. The second-order valence-electron chi connectivity index (χ2n) is 8.58. The van der Waals surface area contributed by atoms with Crippen molar-refractivity contribution in [2.45, 2.75) is 19.9 Å². The van der Waals surface area contributed by atoms with E-state index in [-0.39, 0.29) is 23.3 Å². The molecular weight excluding hydrogens is 520 g/mol. The number of furan rings is 1. The van der Waals surface area contributed by atoms with Crippen molar-refractivity contribution in [1.82, 2.24) is 4.57 Å². The Morgan fingerprint density at radius 1 is 1.13 bits per heavy atom. The quantitative estimate of drug-likeness (QED) is 0.328. The molecule has 10 heteroatoms. The lowest BCUT2D eigenvalue weighted by Gasteiger charge is -2.25. The Kier molecular flexibility index (Phi) is 7.03. The van der Waals surface area contributed by atoms with Crippen molar-refractivity contribution in [3.8, 4) is 17.1 Å². The number of nitrogens with zero attached hydrogens (tertiary/aromatic N) is 2. The molecule has 0 unspecified atom stereocenters. The first-order valence-electron chi connectivity index (χ1n) is 12.1. The van der Waals surface area contributed by atoms with Crippen molar-refractivity contribution in [3.05, 3.63) is 109 Å². The van der Waals surface area contributed by atoms with Crippen LogP contribution < -0.4 is 24.7 Å². The highest BCUT2D eigenvalue weighted by Crippen LogP contribution is 2.35. The van der Waals surface area contributed by atoms with Crippen LogP contribution in [0, 0.1) is 0 Å². The zero-order valence-corrected chi connectivity index (χ0v) is 22.1. The van der Waals surface area contributed by atoms with Gasteiger partial charge in [0.15, 0.2) is 4.80 Å². The molecule has 0 fully saturated rings. The number of aromatic nitrogens is 1. The molecule has 198 valence electrons. The molecule has 0 saturated carbocycles. The SMILES string of the molecule is CCOC(=O)C1=C(C)N=c2s/c(=C\c3ccc(-c4ccccc4C(=O)[O-])o3)c(=O)n2[C@@H]1c1ccccc1OC. The van der Waals surface area contributed by atoms with Gasteiger partial charge in [0.25, 0.3) is 5.56 Å². The van der Waals surface area contributed by atoms with Crippen LogP contribution in [0.2, 0.25) is 0 Å². The van der Waals surface area contributed by atoms with Gasteiger partial charge in [-0.2, -0.15) is 0 Å². The number of carbonyl (C=O) groups excluding carboxylic acids is 2. The highest BCUT2D eigenvalue weighted by Gasteiger charge is 2.35. The number of thiazole rings is 1. The minimum Gasteiger partial charge on any atom is -0.545 e. The third kappa shape index (κ3) is 4.70. The van der Waals surface area contributed by atoms with Gasteiger partial charge in [-0.15, -0.1) is 0 Å².